The number of nitrogens with zero attached hydrogens (tertiary/aromatic N) is 3. The zero-order valence-corrected chi connectivity index (χ0v) is 13.7. The number of hydrogen-bond donors (Lipinski definition) is 0. The fourth-order valence-electron chi connectivity index (χ4n) is 3.32. The Morgan fingerprint density at radius 1 is 1.25 bits per heavy atom. The Hall–Kier alpha value is -2.56. The quantitative estimate of drug-likeness (QED) is 0.688. The van der Waals surface area contributed by atoms with Gasteiger partial charge in [-0.3, -0.25) is 14.3 Å². The van der Waals surface area contributed by atoms with Gasteiger partial charge in [0.15, 0.2) is 0 Å². The van der Waals surface area contributed by atoms with Crippen LogP contribution in [0.5, 0.6) is 0 Å². The van der Waals surface area contributed by atoms with Crippen LogP contribution in [0.4, 0.5) is 4.39 Å². The topological polar surface area (TPSA) is 47.8 Å². The first-order valence-corrected chi connectivity index (χ1v) is 8.09. The van der Waals surface area contributed by atoms with Crippen molar-refractivity contribution in [3.63, 3.8) is 0 Å². The average molecular weight is 323 g/mol. The summed E-state index contributed by atoms with van der Waals surface area (Å²) in [5.41, 5.74) is 1.52. The van der Waals surface area contributed by atoms with Crippen LogP contribution in [0.2, 0.25) is 0 Å². The second kappa shape index (κ2) is 5.23. The summed E-state index contributed by atoms with van der Waals surface area (Å²) in [5.74, 6) is 0.201. The SMILES string of the molecule is CC1(C)CCn2c(nc3cc(-c4ccccn4)cc(F)c3c2=O)C1. The molecule has 0 radical (unpaired) electrons. The van der Waals surface area contributed by atoms with Crippen molar-refractivity contribution in [3.8, 4) is 11.3 Å². The lowest BCUT2D eigenvalue weighted by molar-refractivity contribution is 0.261. The van der Waals surface area contributed by atoms with Crippen molar-refractivity contribution in [2.75, 3.05) is 0 Å². The summed E-state index contributed by atoms with van der Waals surface area (Å²) < 4.78 is 16.3. The second-order valence-corrected chi connectivity index (χ2v) is 7.14. The highest BCUT2D eigenvalue weighted by Crippen LogP contribution is 2.31. The fraction of sp³-hybridized carbons (Fsp3) is 0.316. The number of rotatable bonds is 1. The largest absolute Gasteiger partial charge is 0.296 e. The first-order valence-electron chi connectivity index (χ1n) is 8.09. The highest BCUT2D eigenvalue weighted by molar-refractivity contribution is 5.83. The highest BCUT2D eigenvalue weighted by atomic mass is 19.1. The third-order valence-electron chi connectivity index (χ3n) is 4.70. The molecule has 1 aromatic carbocycles. The third kappa shape index (κ3) is 2.40. The van der Waals surface area contributed by atoms with Crippen LogP contribution < -0.4 is 5.56 Å². The van der Waals surface area contributed by atoms with Gasteiger partial charge in [0, 0.05) is 24.7 Å². The molecule has 2 aromatic heterocycles. The lowest BCUT2D eigenvalue weighted by atomic mass is 9.83. The van der Waals surface area contributed by atoms with Crippen molar-refractivity contribution in [1.29, 1.82) is 0 Å². The fourth-order valence-corrected chi connectivity index (χ4v) is 3.32. The Balaban J connectivity index is 1.97. The van der Waals surface area contributed by atoms with Crippen LogP contribution in [0.3, 0.4) is 0 Å². The van der Waals surface area contributed by atoms with Crippen LogP contribution in [0.25, 0.3) is 22.2 Å². The van der Waals surface area contributed by atoms with Crippen LogP contribution in [0.15, 0.2) is 41.3 Å². The smallest absolute Gasteiger partial charge is 0.264 e. The van der Waals surface area contributed by atoms with Gasteiger partial charge in [-0.05, 0) is 36.1 Å². The van der Waals surface area contributed by atoms with E-state index in [4.69, 9.17) is 0 Å². The van der Waals surface area contributed by atoms with Crippen LogP contribution >= 0.6 is 0 Å². The molecule has 5 heteroatoms. The number of pyridine rings is 1. The summed E-state index contributed by atoms with van der Waals surface area (Å²) in [5, 5.41) is 0.0677. The Labute approximate surface area is 139 Å². The lowest BCUT2D eigenvalue weighted by Crippen LogP contribution is -2.35. The number of aromatic nitrogens is 3. The maximum atomic E-state index is 14.6. The standard InChI is InChI=1S/C19H18FN3O/c1-19(2)6-8-23-16(11-19)22-15-10-12(14-5-3-4-7-21-14)9-13(20)17(15)18(23)24/h3-5,7,9-10H,6,8,11H2,1-2H3. The van der Waals surface area contributed by atoms with Crippen LogP contribution in [-0.2, 0) is 13.0 Å². The number of fused-ring (bicyclic) bond motifs is 2. The molecule has 0 amide bonds. The lowest BCUT2D eigenvalue weighted by Gasteiger charge is -2.31. The molecule has 0 N–H and O–H groups in total. The van der Waals surface area contributed by atoms with E-state index in [0.717, 1.165) is 12.2 Å². The highest BCUT2D eigenvalue weighted by Gasteiger charge is 2.28. The number of benzene rings is 1. The van der Waals surface area contributed by atoms with Crippen molar-refractivity contribution < 1.29 is 4.39 Å². The molecule has 0 unspecified atom stereocenters. The molecule has 0 aliphatic carbocycles. The van der Waals surface area contributed by atoms with E-state index in [2.05, 4.69) is 23.8 Å². The van der Waals surface area contributed by atoms with Crippen molar-refractivity contribution in [2.45, 2.75) is 33.2 Å². The molecular weight excluding hydrogens is 305 g/mol. The maximum Gasteiger partial charge on any atom is 0.264 e. The molecule has 0 fully saturated rings. The molecule has 4 rings (SSSR count). The molecule has 1 aliphatic rings. The van der Waals surface area contributed by atoms with Gasteiger partial charge in [-0.1, -0.05) is 19.9 Å². The van der Waals surface area contributed by atoms with Gasteiger partial charge in [-0.15, -0.1) is 0 Å². The zero-order chi connectivity index (χ0) is 16.9. The van der Waals surface area contributed by atoms with E-state index >= 15 is 0 Å². The second-order valence-electron chi connectivity index (χ2n) is 7.14. The summed E-state index contributed by atoms with van der Waals surface area (Å²) in [6.45, 7) is 4.92. The monoisotopic (exact) mass is 323 g/mol. The first kappa shape index (κ1) is 15.0. The minimum atomic E-state index is -0.536. The maximum absolute atomic E-state index is 14.6. The van der Waals surface area contributed by atoms with Gasteiger partial charge in [-0.2, -0.15) is 0 Å². The van der Waals surface area contributed by atoms with Gasteiger partial charge >= 0.3 is 0 Å². The molecular formula is C19H18FN3O. The predicted molar refractivity (Wildman–Crippen MR) is 91.3 cm³/mol. The minimum absolute atomic E-state index is 0.0677. The molecule has 3 aromatic rings. The molecule has 1 aliphatic heterocycles. The zero-order valence-electron chi connectivity index (χ0n) is 13.7. The third-order valence-corrected chi connectivity index (χ3v) is 4.70. The van der Waals surface area contributed by atoms with Gasteiger partial charge in [0.1, 0.15) is 17.0 Å². The first-order chi connectivity index (χ1) is 11.4. The Morgan fingerprint density at radius 3 is 2.83 bits per heavy atom. The van der Waals surface area contributed by atoms with E-state index in [9.17, 15) is 9.18 Å². The molecule has 0 atom stereocenters. The summed E-state index contributed by atoms with van der Waals surface area (Å²) >= 11 is 0. The molecule has 122 valence electrons. The van der Waals surface area contributed by atoms with Crippen LogP contribution in [-0.4, -0.2) is 14.5 Å². The van der Waals surface area contributed by atoms with Gasteiger partial charge < -0.3 is 0 Å². The molecule has 4 nitrogen and oxygen atoms in total. The number of halogens is 1. The van der Waals surface area contributed by atoms with E-state index in [1.54, 1.807) is 16.8 Å². The number of hydrogen-bond acceptors (Lipinski definition) is 3. The van der Waals surface area contributed by atoms with Gasteiger partial charge in [-0.25, -0.2) is 9.37 Å². The van der Waals surface area contributed by atoms with E-state index in [0.29, 0.717) is 29.7 Å². The van der Waals surface area contributed by atoms with E-state index in [-0.39, 0.29) is 16.4 Å². The summed E-state index contributed by atoms with van der Waals surface area (Å²) in [7, 11) is 0. The van der Waals surface area contributed by atoms with E-state index < -0.39 is 5.82 Å². The molecule has 0 saturated heterocycles. The normalized spacial score (nSPS) is 16.1. The van der Waals surface area contributed by atoms with Crippen molar-refractivity contribution >= 4 is 10.9 Å². The molecule has 24 heavy (non-hydrogen) atoms. The molecule has 3 heterocycles. The molecule has 0 spiro atoms. The Bertz CT molecular complexity index is 993. The van der Waals surface area contributed by atoms with Crippen molar-refractivity contribution in [2.24, 2.45) is 5.41 Å². The Morgan fingerprint density at radius 2 is 2.08 bits per heavy atom. The van der Waals surface area contributed by atoms with E-state index in [1.807, 2.05) is 18.2 Å². The van der Waals surface area contributed by atoms with Crippen molar-refractivity contribution in [3.05, 3.63) is 58.5 Å². The van der Waals surface area contributed by atoms with Crippen LogP contribution in [0, 0.1) is 11.2 Å². The van der Waals surface area contributed by atoms with Gasteiger partial charge in [0.05, 0.1) is 11.2 Å². The Kier molecular flexibility index (Phi) is 3.27. The predicted octanol–water partition coefficient (Wildman–Crippen LogP) is 3.57. The average Bonchev–Trinajstić information content (AvgIpc) is 2.54. The summed E-state index contributed by atoms with van der Waals surface area (Å²) in [6, 6.07) is 8.60. The van der Waals surface area contributed by atoms with Crippen LogP contribution in [0.1, 0.15) is 26.1 Å². The summed E-state index contributed by atoms with van der Waals surface area (Å²) in [4.78, 5) is 21.6. The molecule has 0 saturated carbocycles. The van der Waals surface area contributed by atoms with Crippen molar-refractivity contribution in [1.82, 2.24) is 14.5 Å². The van der Waals surface area contributed by atoms with E-state index in [1.165, 1.54) is 6.07 Å². The minimum Gasteiger partial charge on any atom is -0.296 e. The summed E-state index contributed by atoms with van der Waals surface area (Å²) in [6.07, 6.45) is 3.27. The van der Waals surface area contributed by atoms with Gasteiger partial charge in [0.2, 0.25) is 0 Å². The molecule has 0 bridgehead atoms. The van der Waals surface area contributed by atoms with Gasteiger partial charge in [0.25, 0.3) is 5.56 Å².